The van der Waals surface area contributed by atoms with E-state index in [0.29, 0.717) is 11.6 Å². The van der Waals surface area contributed by atoms with Gasteiger partial charge in [0.2, 0.25) is 5.88 Å². The third-order valence-electron chi connectivity index (χ3n) is 2.09. The molecule has 16 heavy (non-hydrogen) atoms. The number of hydrogen-bond acceptors (Lipinski definition) is 3. The van der Waals surface area contributed by atoms with Crippen LogP contribution in [0.15, 0.2) is 29.1 Å². The minimum atomic E-state index is 0.557. The molecular weight excluding hydrogens is 270 g/mol. The van der Waals surface area contributed by atoms with Gasteiger partial charge in [0.15, 0.2) is 5.75 Å². The van der Waals surface area contributed by atoms with Crippen molar-refractivity contribution >= 4 is 15.9 Å². The quantitative estimate of drug-likeness (QED) is 0.868. The molecular formula is C11H12BrN3O. The molecule has 0 spiro atoms. The first kappa shape index (κ1) is 11.1. The molecule has 0 aliphatic rings. The van der Waals surface area contributed by atoms with Crippen molar-refractivity contribution in [1.29, 1.82) is 0 Å². The highest BCUT2D eigenvalue weighted by Gasteiger charge is 2.06. The standard InChI is InChI=1S/C11H12BrN3O/c1-3-15-7-9(6-14-15)16-11-10(12)4-8(2)5-13-11/h4-7H,3H2,1-2H3. The number of hydrogen-bond donors (Lipinski definition) is 0. The lowest BCUT2D eigenvalue weighted by Gasteiger charge is -2.04. The second-order valence-electron chi connectivity index (χ2n) is 3.43. The lowest BCUT2D eigenvalue weighted by atomic mass is 10.3. The summed E-state index contributed by atoms with van der Waals surface area (Å²) in [5.41, 5.74) is 1.09. The summed E-state index contributed by atoms with van der Waals surface area (Å²) in [7, 11) is 0. The molecule has 84 valence electrons. The first-order chi connectivity index (χ1) is 7.69. The topological polar surface area (TPSA) is 39.9 Å². The fraction of sp³-hybridized carbons (Fsp3) is 0.273. The Balaban J connectivity index is 2.20. The van der Waals surface area contributed by atoms with Gasteiger partial charge >= 0.3 is 0 Å². The van der Waals surface area contributed by atoms with Gasteiger partial charge in [0.05, 0.1) is 16.9 Å². The zero-order chi connectivity index (χ0) is 11.5. The second kappa shape index (κ2) is 4.65. The Bertz CT molecular complexity index is 496. The van der Waals surface area contributed by atoms with Crippen molar-refractivity contribution < 1.29 is 4.74 Å². The summed E-state index contributed by atoms with van der Waals surface area (Å²) in [6.45, 7) is 4.83. The van der Waals surface area contributed by atoms with Crippen molar-refractivity contribution in [2.75, 3.05) is 0 Å². The summed E-state index contributed by atoms with van der Waals surface area (Å²) >= 11 is 3.41. The van der Waals surface area contributed by atoms with Gasteiger partial charge in [-0.3, -0.25) is 4.68 Å². The first-order valence-corrected chi connectivity index (χ1v) is 5.81. The molecule has 0 aromatic carbocycles. The Hall–Kier alpha value is -1.36. The molecule has 2 heterocycles. The zero-order valence-corrected chi connectivity index (χ0v) is 10.7. The average molecular weight is 282 g/mol. The van der Waals surface area contributed by atoms with Gasteiger partial charge in [-0.25, -0.2) is 4.98 Å². The van der Waals surface area contributed by atoms with Crippen LogP contribution < -0.4 is 4.74 Å². The second-order valence-corrected chi connectivity index (χ2v) is 4.29. The van der Waals surface area contributed by atoms with Crippen LogP contribution in [0.2, 0.25) is 0 Å². The van der Waals surface area contributed by atoms with Crippen molar-refractivity contribution in [3.8, 4) is 11.6 Å². The van der Waals surface area contributed by atoms with Gasteiger partial charge in [-0.05, 0) is 41.4 Å². The normalized spacial score (nSPS) is 10.4. The molecule has 0 saturated heterocycles. The average Bonchev–Trinajstić information content (AvgIpc) is 2.70. The predicted molar refractivity (Wildman–Crippen MR) is 64.6 cm³/mol. The van der Waals surface area contributed by atoms with Crippen molar-refractivity contribution in [3.63, 3.8) is 0 Å². The molecule has 2 aromatic rings. The molecule has 0 aliphatic heterocycles. The lowest BCUT2D eigenvalue weighted by molar-refractivity contribution is 0.458. The summed E-state index contributed by atoms with van der Waals surface area (Å²) in [5.74, 6) is 1.25. The number of ether oxygens (including phenoxy) is 1. The van der Waals surface area contributed by atoms with E-state index in [1.165, 1.54) is 0 Å². The maximum Gasteiger partial charge on any atom is 0.233 e. The van der Waals surface area contributed by atoms with E-state index in [2.05, 4.69) is 26.0 Å². The van der Waals surface area contributed by atoms with E-state index in [-0.39, 0.29) is 0 Å². The van der Waals surface area contributed by atoms with Crippen molar-refractivity contribution in [2.45, 2.75) is 20.4 Å². The minimum Gasteiger partial charge on any atom is -0.435 e. The highest BCUT2D eigenvalue weighted by molar-refractivity contribution is 9.10. The van der Waals surface area contributed by atoms with E-state index in [4.69, 9.17) is 4.74 Å². The summed E-state index contributed by atoms with van der Waals surface area (Å²) in [4.78, 5) is 4.20. The number of halogens is 1. The van der Waals surface area contributed by atoms with Gasteiger partial charge in [-0.1, -0.05) is 0 Å². The minimum absolute atomic E-state index is 0.557. The van der Waals surface area contributed by atoms with E-state index in [1.54, 1.807) is 17.1 Å². The Labute approximate surface area is 102 Å². The fourth-order valence-corrected chi connectivity index (χ4v) is 1.82. The van der Waals surface area contributed by atoms with Gasteiger partial charge in [0, 0.05) is 12.7 Å². The van der Waals surface area contributed by atoms with Crippen LogP contribution in [0.4, 0.5) is 0 Å². The molecule has 0 fully saturated rings. The van der Waals surface area contributed by atoms with Gasteiger partial charge in [0.1, 0.15) is 0 Å². The molecule has 0 saturated carbocycles. The molecule has 0 aliphatic carbocycles. The van der Waals surface area contributed by atoms with E-state index in [9.17, 15) is 0 Å². The summed E-state index contributed by atoms with van der Waals surface area (Å²) < 4.78 is 8.25. The third kappa shape index (κ3) is 2.41. The van der Waals surface area contributed by atoms with E-state index in [0.717, 1.165) is 16.6 Å². The lowest BCUT2D eigenvalue weighted by Crippen LogP contribution is -1.92. The monoisotopic (exact) mass is 281 g/mol. The maximum atomic E-state index is 5.61. The number of aromatic nitrogens is 3. The van der Waals surface area contributed by atoms with Gasteiger partial charge in [0.25, 0.3) is 0 Å². The first-order valence-electron chi connectivity index (χ1n) is 5.01. The smallest absolute Gasteiger partial charge is 0.233 e. The summed E-state index contributed by atoms with van der Waals surface area (Å²) in [5, 5.41) is 4.13. The van der Waals surface area contributed by atoms with Crippen LogP contribution in [-0.4, -0.2) is 14.8 Å². The van der Waals surface area contributed by atoms with E-state index in [1.807, 2.05) is 26.1 Å². The molecule has 2 aromatic heterocycles. The van der Waals surface area contributed by atoms with Gasteiger partial charge < -0.3 is 4.74 Å². The van der Waals surface area contributed by atoms with Crippen LogP contribution in [-0.2, 0) is 6.54 Å². The van der Waals surface area contributed by atoms with E-state index < -0.39 is 0 Å². The SMILES string of the molecule is CCn1cc(Oc2ncc(C)cc2Br)cn1. The van der Waals surface area contributed by atoms with Crippen LogP contribution in [0.3, 0.4) is 0 Å². The number of rotatable bonds is 3. The molecule has 4 nitrogen and oxygen atoms in total. The fourth-order valence-electron chi connectivity index (χ4n) is 1.28. The predicted octanol–water partition coefficient (Wildman–Crippen LogP) is 3.16. The Morgan fingerprint density at radius 3 is 2.88 bits per heavy atom. The van der Waals surface area contributed by atoms with Crippen LogP contribution in [0.25, 0.3) is 0 Å². The van der Waals surface area contributed by atoms with Crippen LogP contribution in [0.1, 0.15) is 12.5 Å². The van der Waals surface area contributed by atoms with Crippen molar-refractivity contribution in [3.05, 3.63) is 34.7 Å². The highest BCUT2D eigenvalue weighted by atomic mass is 79.9. The Morgan fingerprint density at radius 2 is 2.25 bits per heavy atom. The number of aryl methyl sites for hydroxylation is 2. The van der Waals surface area contributed by atoms with Gasteiger partial charge in [-0.2, -0.15) is 5.10 Å². The van der Waals surface area contributed by atoms with E-state index >= 15 is 0 Å². The van der Waals surface area contributed by atoms with Crippen LogP contribution in [0, 0.1) is 6.92 Å². The molecule has 0 bridgehead atoms. The molecule has 0 atom stereocenters. The molecule has 5 heteroatoms. The zero-order valence-electron chi connectivity index (χ0n) is 9.14. The highest BCUT2D eigenvalue weighted by Crippen LogP contribution is 2.27. The van der Waals surface area contributed by atoms with Crippen LogP contribution in [0.5, 0.6) is 11.6 Å². The Morgan fingerprint density at radius 1 is 1.44 bits per heavy atom. The third-order valence-corrected chi connectivity index (χ3v) is 2.66. The van der Waals surface area contributed by atoms with Crippen molar-refractivity contribution in [1.82, 2.24) is 14.8 Å². The largest absolute Gasteiger partial charge is 0.435 e. The molecule has 2 rings (SSSR count). The Kier molecular flexibility index (Phi) is 3.24. The number of nitrogens with zero attached hydrogens (tertiary/aromatic N) is 3. The summed E-state index contributed by atoms with van der Waals surface area (Å²) in [6.07, 6.45) is 5.29. The molecule has 0 N–H and O–H groups in total. The number of pyridine rings is 1. The van der Waals surface area contributed by atoms with Crippen LogP contribution >= 0.6 is 15.9 Å². The van der Waals surface area contributed by atoms with Crippen molar-refractivity contribution in [2.24, 2.45) is 0 Å². The molecule has 0 radical (unpaired) electrons. The summed E-state index contributed by atoms with van der Waals surface area (Å²) in [6, 6.07) is 1.96. The maximum absolute atomic E-state index is 5.61. The molecule has 0 amide bonds. The molecule has 0 unspecified atom stereocenters. The van der Waals surface area contributed by atoms with Gasteiger partial charge in [-0.15, -0.1) is 0 Å².